The molecule has 0 saturated carbocycles. The van der Waals surface area contributed by atoms with Crippen molar-refractivity contribution >= 4 is 16.0 Å². The summed E-state index contributed by atoms with van der Waals surface area (Å²) in [5.74, 6) is 0. The summed E-state index contributed by atoms with van der Waals surface area (Å²) in [5, 5.41) is 1.12. The van der Waals surface area contributed by atoms with Crippen molar-refractivity contribution in [2.45, 2.75) is 11.7 Å². The van der Waals surface area contributed by atoms with Gasteiger partial charge in [0, 0.05) is 0 Å². The molecule has 1 aromatic rings. The molecule has 0 fully saturated rings. The Morgan fingerprint density at radius 1 is 1.11 bits per heavy atom. The molecule has 0 bridgehead atoms. The van der Waals surface area contributed by atoms with Gasteiger partial charge >= 0.3 is 63.6 Å². The Hall–Kier alpha value is -0.261. The molecule has 1 rings (SSSR count). The third-order valence-electron chi connectivity index (χ3n) is 1.23. The first-order valence-electron chi connectivity index (χ1n) is 3.05. The van der Waals surface area contributed by atoms with Gasteiger partial charge in [0.05, 0.1) is 0 Å². The van der Waals surface area contributed by atoms with Crippen molar-refractivity contribution in [3.8, 4) is 0 Å². The molecule has 9 heavy (non-hydrogen) atoms. The van der Waals surface area contributed by atoms with Gasteiger partial charge in [0.25, 0.3) is 0 Å². The van der Waals surface area contributed by atoms with Crippen LogP contribution in [0, 0.1) is 0 Å². The van der Waals surface area contributed by atoms with Crippen LogP contribution in [0.4, 0.5) is 0 Å². The van der Waals surface area contributed by atoms with E-state index >= 15 is 0 Å². The molecule has 0 spiro atoms. The fraction of sp³-hybridized carbons (Fsp3) is 0.250. The van der Waals surface area contributed by atoms with Crippen LogP contribution in [0.2, 0.25) is 5.32 Å². The first-order valence-corrected chi connectivity index (χ1v) is 4.26. The summed E-state index contributed by atoms with van der Waals surface area (Å²) in [5.41, 5.74) is 1.41. The average Bonchev–Trinajstić information content (AvgIpc) is 1.91. The topological polar surface area (TPSA) is 0 Å². The van der Waals surface area contributed by atoms with Crippen molar-refractivity contribution in [1.29, 1.82) is 0 Å². The number of aryl methyl sites for hydroxylation is 1. The van der Waals surface area contributed by atoms with Gasteiger partial charge in [-0.2, -0.15) is 0 Å². The Bertz CT molecular complexity index is 157. The van der Waals surface area contributed by atoms with Gasteiger partial charge in [-0.15, -0.1) is 0 Å². The van der Waals surface area contributed by atoms with Crippen molar-refractivity contribution in [3.05, 3.63) is 35.9 Å². The van der Waals surface area contributed by atoms with Crippen LogP contribution in [0.1, 0.15) is 5.56 Å². The van der Waals surface area contributed by atoms with Crippen LogP contribution >= 0.6 is 0 Å². The van der Waals surface area contributed by atoms with Crippen LogP contribution in [0.3, 0.4) is 0 Å². The minimum absolute atomic E-state index is 1.12. The predicted molar refractivity (Wildman–Crippen MR) is 40.7 cm³/mol. The second-order valence-corrected chi connectivity index (χ2v) is 2.80. The average molecular weight is 184 g/mol. The fourth-order valence-electron chi connectivity index (χ4n) is 0.763. The van der Waals surface area contributed by atoms with Crippen molar-refractivity contribution < 1.29 is 0 Å². The maximum atomic E-state index is 2.99. The van der Waals surface area contributed by atoms with Gasteiger partial charge in [0.15, 0.2) is 0 Å². The standard InChI is InChI=1S/C8H9Se/c9-7-6-8-4-2-1-3-5-8/h1-5H,6-7H2/q+1. The number of hydrogen-bond donors (Lipinski definition) is 0. The summed E-state index contributed by atoms with van der Waals surface area (Å²) in [7, 11) is 0. The molecule has 0 aromatic heterocycles. The molecule has 0 aliphatic heterocycles. The molecule has 0 saturated heterocycles. The van der Waals surface area contributed by atoms with Gasteiger partial charge in [0.1, 0.15) is 0 Å². The van der Waals surface area contributed by atoms with Crippen molar-refractivity contribution in [1.82, 2.24) is 0 Å². The number of rotatable bonds is 2. The summed E-state index contributed by atoms with van der Waals surface area (Å²) in [4.78, 5) is 0. The zero-order valence-corrected chi connectivity index (χ0v) is 6.92. The van der Waals surface area contributed by atoms with E-state index in [1.165, 1.54) is 5.56 Å². The normalized spacial score (nSPS) is 9.44. The van der Waals surface area contributed by atoms with E-state index in [0.717, 1.165) is 11.7 Å². The first kappa shape index (κ1) is 6.85. The second kappa shape index (κ2) is 3.71. The van der Waals surface area contributed by atoms with E-state index in [0.29, 0.717) is 0 Å². The second-order valence-electron chi connectivity index (χ2n) is 1.94. The quantitative estimate of drug-likeness (QED) is 0.615. The van der Waals surface area contributed by atoms with E-state index in [2.05, 4.69) is 40.3 Å². The van der Waals surface area contributed by atoms with Crippen LogP contribution in [-0.2, 0) is 6.42 Å². The summed E-state index contributed by atoms with van der Waals surface area (Å²) in [6.07, 6.45) is 1.15. The molecule has 1 aromatic carbocycles. The minimum atomic E-state index is 1.12. The van der Waals surface area contributed by atoms with Crippen LogP contribution in [-0.4, -0.2) is 16.0 Å². The Morgan fingerprint density at radius 3 is 2.33 bits per heavy atom. The molecule has 2 radical (unpaired) electrons. The summed E-state index contributed by atoms with van der Waals surface area (Å²) < 4.78 is 0. The molecule has 0 unspecified atom stereocenters. The van der Waals surface area contributed by atoms with Crippen LogP contribution < -0.4 is 0 Å². The number of benzene rings is 1. The molecule has 0 atom stereocenters. The van der Waals surface area contributed by atoms with Gasteiger partial charge in [0.2, 0.25) is 0 Å². The molecule has 1 heteroatoms. The molecule has 0 heterocycles. The number of hydrogen-bond acceptors (Lipinski definition) is 0. The van der Waals surface area contributed by atoms with E-state index in [1.807, 2.05) is 6.07 Å². The molecule has 0 nitrogen and oxygen atoms in total. The van der Waals surface area contributed by atoms with Gasteiger partial charge < -0.3 is 0 Å². The third-order valence-corrected chi connectivity index (χ3v) is 1.66. The van der Waals surface area contributed by atoms with Gasteiger partial charge in [-0.25, -0.2) is 0 Å². The first-order chi connectivity index (χ1) is 4.43. The Balaban J connectivity index is 2.61. The molecule has 0 N–H and O–H groups in total. The monoisotopic (exact) mass is 185 g/mol. The zero-order chi connectivity index (χ0) is 6.53. The van der Waals surface area contributed by atoms with Gasteiger partial charge in [-0.1, -0.05) is 0 Å². The zero-order valence-electron chi connectivity index (χ0n) is 5.21. The van der Waals surface area contributed by atoms with E-state index < -0.39 is 0 Å². The van der Waals surface area contributed by atoms with Crippen LogP contribution in [0.5, 0.6) is 0 Å². The van der Waals surface area contributed by atoms with Crippen LogP contribution in [0.25, 0.3) is 0 Å². The Labute approximate surface area is 64.1 Å². The van der Waals surface area contributed by atoms with E-state index in [-0.39, 0.29) is 0 Å². The summed E-state index contributed by atoms with van der Waals surface area (Å²) in [6, 6.07) is 10.5. The Kier molecular flexibility index (Phi) is 2.82. The maximum absolute atomic E-state index is 2.99. The van der Waals surface area contributed by atoms with Gasteiger partial charge in [-0.05, 0) is 0 Å². The SMILES string of the molecule is [Se+]CCc1ccccc1. The van der Waals surface area contributed by atoms with E-state index in [1.54, 1.807) is 0 Å². The molecule has 0 aliphatic rings. The van der Waals surface area contributed by atoms with Crippen LogP contribution in [0.15, 0.2) is 30.3 Å². The molecular weight excluding hydrogens is 175 g/mol. The molecule has 0 aliphatic carbocycles. The van der Waals surface area contributed by atoms with Crippen molar-refractivity contribution in [2.24, 2.45) is 0 Å². The van der Waals surface area contributed by atoms with E-state index in [9.17, 15) is 0 Å². The van der Waals surface area contributed by atoms with Gasteiger partial charge in [-0.3, -0.25) is 0 Å². The molecular formula is C8H9Se+. The van der Waals surface area contributed by atoms with Crippen molar-refractivity contribution in [2.75, 3.05) is 0 Å². The predicted octanol–water partition coefficient (Wildman–Crippen LogP) is 1.82. The third kappa shape index (κ3) is 2.21. The molecule has 46 valence electrons. The molecule has 0 amide bonds. The summed E-state index contributed by atoms with van der Waals surface area (Å²) in [6.45, 7) is 0. The van der Waals surface area contributed by atoms with E-state index in [4.69, 9.17) is 0 Å². The summed E-state index contributed by atoms with van der Waals surface area (Å²) >= 11 is 2.99. The fourth-order valence-corrected chi connectivity index (χ4v) is 1.26. The Morgan fingerprint density at radius 2 is 1.78 bits per heavy atom. The van der Waals surface area contributed by atoms with Crippen molar-refractivity contribution in [3.63, 3.8) is 0 Å².